The molecule has 78 valence electrons. The van der Waals surface area contributed by atoms with Gasteiger partial charge in [0, 0.05) is 6.07 Å². The lowest BCUT2D eigenvalue weighted by atomic mass is 10.2. The van der Waals surface area contributed by atoms with Gasteiger partial charge >= 0.3 is 0 Å². The van der Waals surface area contributed by atoms with E-state index >= 15 is 0 Å². The minimum absolute atomic E-state index is 0.0230. The lowest BCUT2D eigenvalue weighted by Crippen LogP contribution is -2.13. The number of nitrogens with two attached hydrogens (primary N) is 2. The highest BCUT2D eigenvalue weighted by Gasteiger charge is 2.16. The molecule has 0 aliphatic rings. The zero-order chi connectivity index (χ0) is 11.2. The maximum Gasteiger partial charge on any atom is 0.267 e. The van der Waals surface area contributed by atoms with Crippen LogP contribution in [0.15, 0.2) is 12.1 Å². The summed E-state index contributed by atoms with van der Waals surface area (Å²) < 4.78 is 26.1. The number of hydrogen-bond donors (Lipinski definition) is 3. The molecule has 5 N–H and O–H groups in total. The third-order valence-electron chi connectivity index (χ3n) is 2.10. The number of nitrogen functional groups attached to an aromatic ring is 1. The molecule has 2 aromatic rings. The van der Waals surface area contributed by atoms with Crippen molar-refractivity contribution in [2.24, 2.45) is 5.73 Å². The van der Waals surface area contributed by atoms with Crippen molar-refractivity contribution in [3.05, 3.63) is 29.5 Å². The summed E-state index contributed by atoms with van der Waals surface area (Å²) in [4.78, 5) is 13.3. The number of anilines is 1. The monoisotopic (exact) mass is 211 g/mol. The Bertz CT molecular complexity index is 562. The van der Waals surface area contributed by atoms with E-state index < -0.39 is 17.5 Å². The van der Waals surface area contributed by atoms with Crippen LogP contribution in [-0.2, 0) is 0 Å². The van der Waals surface area contributed by atoms with Crippen LogP contribution in [0, 0.1) is 11.6 Å². The van der Waals surface area contributed by atoms with Gasteiger partial charge in [-0.05, 0) is 6.07 Å². The van der Waals surface area contributed by atoms with Crippen LogP contribution in [0.3, 0.4) is 0 Å². The van der Waals surface area contributed by atoms with Crippen molar-refractivity contribution in [3.8, 4) is 0 Å². The predicted octanol–water partition coefficient (Wildman–Crippen LogP) is 1.13. The number of nitrogens with one attached hydrogen (secondary N) is 1. The smallest absolute Gasteiger partial charge is 0.267 e. The Labute approximate surface area is 82.9 Å². The maximum atomic E-state index is 13.3. The van der Waals surface area contributed by atoms with Crippen molar-refractivity contribution >= 4 is 22.5 Å². The molecule has 1 aromatic carbocycles. The van der Waals surface area contributed by atoms with Gasteiger partial charge < -0.3 is 16.5 Å². The molecule has 0 radical (unpaired) electrons. The largest absolute Gasteiger partial charge is 0.396 e. The maximum absolute atomic E-state index is 13.3. The van der Waals surface area contributed by atoms with Crippen molar-refractivity contribution in [1.29, 1.82) is 0 Å². The molecule has 0 aliphatic carbocycles. The lowest BCUT2D eigenvalue weighted by molar-refractivity contribution is 0.0997. The topological polar surface area (TPSA) is 84.9 Å². The number of carbonyl (C=O) groups excluding carboxylic acids is 1. The second kappa shape index (κ2) is 2.94. The van der Waals surface area contributed by atoms with Gasteiger partial charge in [-0.1, -0.05) is 0 Å². The van der Waals surface area contributed by atoms with Crippen LogP contribution in [0.2, 0.25) is 0 Å². The molecule has 0 spiro atoms. The van der Waals surface area contributed by atoms with Gasteiger partial charge in [0.15, 0.2) is 0 Å². The SMILES string of the molecule is NC(=O)c1[nH]c2cc(F)cc(F)c2c1N. The lowest BCUT2D eigenvalue weighted by Gasteiger charge is -1.94. The van der Waals surface area contributed by atoms with Gasteiger partial charge in [-0.3, -0.25) is 4.79 Å². The van der Waals surface area contributed by atoms with Crippen LogP contribution >= 0.6 is 0 Å². The molecule has 6 heteroatoms. The molecule has 0 fully saturated rings. The van der Waals surface area contributed by atoms with Crippen LogP contribution in [0.1, 0.15) is 10.5 Å². The summed E-state index contributed by atoms with van der Waals surface area (Å²) in [6.45, 7) is 0. The molecule has 0 atom stereocenters. The van der Waals surface area contributed by atoms with E-state index in [2.05, 4.69) is 4.98 Å². The molecule has 1 aromatic heterocycles. The van der Waals surface area contributed by atoms with Gasteiger partial charge in [-0.15, -0.1) is 0 Å². The van der Waals surface area contributed by atoms with Gasteiger partial charge in [0.25, 0.3) is 5.91 Å². The molecule has 0 unspecified atom stereocenters. The fourth-order valence-corrected chi connectivity index (χ4v) is 1.47. The van der Waals surface area contributed by atoms with Gasteiger partial charge in [0.2, 0.25) is 0 Å². The third kappa shape index (κ3) is 1.30. The second-order valence-corrected chi connectivity index (χ2v) is 3.09. The summed E-state index contributed by atoms with van der Waals surface area (Å²) in [6.07, 6.45) is 0. The fourth-order valence-electron chi connectivity index (χ4n) is 1.47. The number of aromatic amines is 1. The molecule has 0 aliphatic heterocycles. The third-order valence-corrected chi connectivity index (χ3v) is 2.10. The first kappa shape index (κ1) is 9.45. The number of amides is 1. The quantitative estimate of drug-likeness (QED) is 0.660. The Morgan fingerprint density at radius 3 is 2.60 bits per heavy atom. The van der Waals surface area contributed by atoms with Crippen LogP contribution in [0.5, 0.6) is 0 Å². The number of rotatable bonds is 1. The number of halogens is 2. The molecule has 0 bridgehead atoms. The van der Waals surface area contributed by atoms with E-state index in [4.69, 9.17) is 11.5 Å². The molecule has 1 heterocycles. The standard InChI is InChI=1S/C9H7F2N3O/c10-3-1-4(11)6-5(2-3)14-8(7(6)12)9(13)15/h1-2,14H,12H2,(H2,13,15). The van der Waals surface area contributed by atoms with Gasteiger partial charge in [0.1, 0.15) is 17.3 Å². The Morgan fingerprint density at radius 2 is 2.00 bits per heavy atom. The van der Waals surface area contributed by atoms with Crippen LogP contribution in [0.25, 0.3) is 10.9 Å². The molecule has 0 saturated carbocycles. The number of hydrogen-bond acceptors (Lipinski definition) is 2. The molecule has 2 rings (SSSR count). The zero-order valence-corrected chi connectivity index (χ0v) is 7.47. The van der Waals surface area contributed by atoms with E-state index in [-0.39, 0.29) is 22.3 Å². The zero-order valence-electron chi connectivity index (χ0n) is 7.47. The second-order valence-electron chi connectivity index (χ2n) is 3.09. The van der Waals surface area contributed by atoms with E-state index in [1.165, 1.54) is 0 Å². The average molecular weight is 211 g/mol. The van der Waals surface area contributed by atoms with Crippen molar-refractivity contribution in [1.82, 2.24) is 4.98 Å². The van der Waals surface area contributed by atoms with E-state index in [1.807, 2.05) is 0 Å². The minimum Gasteiger partial charge on any atom is -0.396 e. The first-order chi connectivity index (χ1) is 7.00. The summed E-state index contributed by atoms with van der Waals surface area (Å²) in [5.41, 5.74) is 10.4. The summed E-state index contributed by atoms with van der Waals surface area (Å²) in [7, 11) is 0. The highest BCUT2D eigenvalue weighted by molar-refractivity contribution is 6.06. The van der Waals surface area contributed by atoms with Crippen molar-refractivity contribution < 1.29 is 13.6 Å². The Balaban J connectivity index is 2.88. The van der Waals surface area contributed by atoms with E-state index in [1.54, 1.807) is 0 Å². The van der Waals surface area contributed by atoms with Crippen LogP contribution < -0.4 is 11.5 Å². The number of H-pyrrole nitrogens is 1. The molecule has 4 nitrogen and oxygen atoms in total. The van der Waals surface area contributed by atoms with E-state index in [0.717, 1.165) is 6.07 Å². The highest BCUT2D eigenvalue weighted by Crippen LogP contribution is 2.27. The van der Waals surface area contributed by atoms with Gasteiger partial charge in [0.05, 0.1) is 16.6 Å². The number of carbonyl (C=O) groups is 1. The average Bonchev–Trinajstić information content (AvgIpc) is 2.42. The number of benzene rings is 1. The minimum atomic E-state index is -0.828. The van der Waals surface area contributed by atoms with Crippen LogP contribution in [-0.4, -0.2) is 10.9 Å². The van der Waals surface area contributed by atoms with E-state index in [0.29, 0.717) is 6.07 Å². The number of fused-ring (bicyclic) bond motifs is 1. The van der Waals surface area contributed by atoms with Crippen molar-refractivity contribution in [2.45, 2.75) is 0 Å². The Hall–Kier alpha value is -2.11. The van der Waals surface area contributed by atoms with Gasteiger partial charge in [-0.2, -0.15) is 0 Å². The van der Waals surface area contributed by atoms with Crippen molar-refractivity contribution in [2.75, 3.05) is 5.73 Å². The molecule has 0 saturated heterocycles. The molecule has 15 heavy (non-hydrogen) atoms. The first-order valence-corrected chi connectivity index (χ1v) is 4.06. The van der Waals surface area contributed by atoms with Gasteiger partial charge in [-0.25, -0.2) is 8.78 Å². The molecular formula is C9H7F2N3O. The predicted molar refractivity (Wildman–Crippen MR) is 51.1 cm³/mol. The normalized spacial score (nSPS) is 10.8. The van der Waals surface area contributed by atoms with E-state index in [9.17, 15) is 13.6 Å². The first-order valence-electron chi connectivity index (χ1n) is 4.06. The fraction of sp³-hybridized carbons (Fsp3) is 0. The molecule has 1 amide bonds. The summed E-state index contributed by atoms with van der Waals surface area (Å²) >= 11 is 0. The van der Waals surface area contributed by atoms with Crippen LogP contribution in [0.4, 0.5) is 14.5 Å². The number of primary amides is 1. The van der Waals surface area contributed by atoms with Crippen molar-refractivity contribution in [3.63, 3.8) is 0 Å². The Kier molecular flexibility index (Phi) is 1.85. The summed E-state index contributed by atoms with van der Waals surface area (Å²) in [5, 5.41) is -0.0230. The summed E-state index contributed by atoms with van der Waals surface area (Å²) in [5.74, 6) is -2.40. The number of aromatic nitrogens is 1. The highest BCUT2D eigenvalue weighted by atomic mass is 19.1. The summed E-state index contributed by atoms with van der Waals surface area (Å²) in [6, 6.07) is 1.73. The molecular weight excluding hydrogens is 204 g/mol. The Morgan fingerprint density at radius 1 is 1.33 bits per heavy atom.